The third-order valence-electron chi connectivity index (χ3n) is 4.91. The molecular weight excluding hydrogens is 192 g/mol. The summed E-state index contributed by atoms with van der Waals surface area (Å²) in [4.78, 5) is 11.9. The molecule has 4 aliphatic rings. The van der Waals surface area contributed by atoms with E-state index < -0.39 is 0 Å². The molecule has 4 rings (SSSR count). The molecule has 1 spiro atoms. The van der Waals surface area contributed by atoms with E-state index in [9.17, 15) is 4.79 Å². The molecule has 0 amide bonds. The molecule has 3 nitrogen and oxygen atoms in total. The second-order valence-corrected chi connectivity index (χ2v) is 5.53. The first-order valence-electron chi connectivity index (χ1n) is 6.18. The maximum atomic E-state index is 11.9. The molecule has 0 radical (unpaired) electrons. The standard InChI is InChI=1S/C12H16O3/c13-11-9-7-3-4-8(14-7)10(9)12(15-11)5-1-2-6-12/h7-10H,1-6H2. The van der Waals surface area contributed by atoms with Crippen LogP contribution in [0.1, 0.15) is 38.5 Å². The van der Waals surface area contributed by atoms with Crippen LogP contribution < -0.4 is 0 Å². The molecule has 0 N–H and O–H groups in total. The quantitative estimate of drug-likeness (QED) is 0.568. The predicted molar refractivity (Wildman–Crippen MR) is 52.2 cm³/mol. The lowest BCUT2D eigenvalue weighted by atomic mass is 9.71. The van der Waals surface area contributed by atoms with Gasteiger partial charge in [0.1, 0.15) is 5.60 Å². The van der Waals surface area contributed by atoms with Gasteiger partial charge >= 0.3 is 5.97 Å². The molecule has 4 fully saturated rings. The maximum absolute atomic E-state index is 11.9. The molecule has 1 aliphatic carbocycles. The summed E-state index contributed by atoms with van der Waals surface area (Å²) in [5.74, 6) is 0.516. The van der Waals surface area contributed by atoms with E-state index in [1.54, 1.807) is 0 Å². The minimum atomic E-state index is -0.110. The smallest absolute Gasteiger partial charge is 0.312 e. The molecule has 2 bridgehead atoms. The summed E-state index contributed by atoms with van der Waals surface area (Å²) in [6, 6.07) is 0. The molecule has 15 heavy (non-hydrogen) atoms. The van der Waals surface area contributed by atoms with Gasteiger partial charge < -0.3 is 9.47 Å². The second kappa shape index (κ2) is 2.57. The number of esters is 1. The lowest BCUT2D eigenvalue weighted by Gasteiger charge is -2.31. The molecule has 82 valence electrons. The van der Waals surface area contributed by atoms with Gasteiger partial charge in [-0.1, -0.05) is 0 Å². The van der Waals surface area contributed by atoms with Crippen molar-refractivity contribution >= 4 is 5.97 Å². The van der Waals surface area contributed by atoms with Crippen molar-refractivity contribution in [2.24, 2.45) is 11.8 Å². The highest BCUT2D eigenvalue weighted by Crippen LogP contribution is 2.58. The van der Waals surface area contributed by atoms with E-state index in [1.165, 1.54) is 12.8 Å². The second-order valence-electron chi connectivity index (χ2n) is 5.53. The average Bonchev–Trinajstić information content (AvgIpc) is 2.93. The predicted octanol–water partition coefficient (Wildman–Crippen LogP) is 1.65. The fourth-order valence-corrected chi connectivity index (χ4v) is 4.39. The molecule has 4 atom stereocenters. The minimum absolute atomic E-state index is 0.0362. The monoisotopic (exact) mass is 208 g/mol. The van der Waals surface area contributed by atoms with Gasteiger partial charge in [0, 0.05) is 5.92 Å². The number of carbonyl (C=O) groups is 1. The Morgan fingerprint density at radius 3 is 2.67 bits per heavy atom. The summed E-state index contributed by atoms with van der Waals surface area (Å²) in [6.45, 7) is 0. The fourth-order valence-electron chi connectivity index (χ4n) is 4.39. The maximum Gasteiger partial charge on any atom is 0.312 e. The third kappa shape index (κ3) is 0.889. The summed E-state index contributed by atoms with van der Waals surface area (Å²) >= 11 is 0. The molecule has 3 heteroatoms. The van der Waals surface area contributed by atoms with Crippen LogP contribution in [0.5, 0.6) is 0 Å². The lowest BCUT2D eigenvalue weighted by molar-refractivity contribution is -0.155. The van der Waals surface area contributed by atoms with Gasteiger partial charge in [-0.2, -0.15) is 0 Å². The highest BCUT2D eigenvalue weighted by Gasteiger charge is 2.67. The zero-order valence-electron chi connectivity index (χ0n) is 8.78. The Kier molecular flexibility index (Phi) is 1.47. The largest absolute Gasteiger partial charge is 0.458 e. The van der Waals surface area contributed by atoms with Gasteiger partial charge in [0.05, 0.1) is 18.1 Å². The molecule has 4 unspecified atom stereocenters. The van der Waals surface area contributed by atoms with Crippen LogP contribution in [0.2, 0.25) is 0 Å². The van der Waals surface area contributed by atoms with Gasteiger partial charge in [0.25, 0.3) is 0 Å². The number of hydrogen-bond acceptors (Lipinski definition) is 3. The summed E-state index contributed by atoms with van der Waals surface area (Å²) in [7, 11) is 0. The van der Waals surface area contributed by atoms with E-state index in [1.807, 2.05) is 0 Å². The van der Waals surface area contributed by atoms with Gasteiger partial charge in [-0.25, -0.2) is 0 Å². The van der Waals surface area contributed by atoms with Gasteiger partial charge in [-0.3, -0.25) is 4.79 Å². The highest BCUT2D eigenvalue weighted by atomic mass is 16.6. The SMILES string of the molecule is O=C1OC2(CCCC2)C2C3CCC(O3)C12. The fraction of sp³-hybridized carbons (Fsp3) is 0.917. The van der Waals surface area contributed by atoms with E-state index in [2.05, 4.69) is 0 Å². The van der Waals surface area contributed by atoms with Gasteiger partial charge in [-0.15, -0.1) is 0 Å². The number of rotatable bonds is 0. The topological polar surface area (TPSA) is 35.5 Å². The summed E-state index contributed by atoms with van der Waals surface area (Å²) in [6.07, 6.45) is 7.30. The summed E-state index contributed by atoms with van der Waals surface area (Å²) < 4.78 is 11.6. The first-order chi connectivity index (χ1) is 7.30. The van der Waals surface area contributed by atoms with Crippen molar-refractivity contribution in [2.45, 2.75) is 56.3 Å². The van der Waals surface area contributed by atoms with Crippen LogP contribution in [0, 0.1) is 11.8 Å². The molecule has 3 aliphatic heterocycles. The summed E-state index contributed by atoms with van der Waals surface area (Å²) in [5.41, 5.74) is -0.110. The van der Waals surface area contributed by atoms with Crippen molar-refractivity contribution in [1.29, 1.82) is 0 Å². The van der Waals surface area contributed by atoms with Crippen LogP contribution in [-0.4, -0.2) is 23.8 Å². The normalized spacial score (nSPS) is 50.0. The molecular formula is C12H16O3. The van der Waals surface area contributed by atoms with E-state index in [-0.39, 0.29) is 23.6 Å². The van der Waals surface area contributed by atoms with Crippen LogP contribution in [0.15, 0.2) is 0 Å². The van der Waals surface area contributed by atoms with Crippen LogP contribution in [-0.2, 0) is 14.3 Å². The Balaban J connectivity index is 1.77. The van der Waals surface area contributed by atoms with Crippen molar-refractivity contribution in [3.63, 3.8) is 0 Å². The molecule has 3 heterocycles. The average molecular weight is 208 g/mol. The van der Waals surface area contributed by atoms with Crippen LogP contribution in [0.25, 0.3) is 0 Å². The Morgan fingerprint density at radius 2 is 1.87 bits per heavy atom. The van der Waals surface area contributed by atoms with Crippen molar-refractivity contribution in [3.8, 4) is 0 Å². The van der Waals surface area contributed by atoms with Crippen LogP contribution >= 0.6 is 0 Å². The first-order valence-corrected chi connectivity index (χ1v) is 6.18. The number of hydrogen-bond donors (Lipinski definition) is 0. The Hall–Kier alpha value is -0.570. The van der Waals surface area contributed by atoms with Crippen molar-refractivity contribution in [2.75, 3.05) is 0 Å². The van der Waals surface area contributed by atoms with Gasteiger partial charge in [0.2, 0.25) is 0 Å². The Morgan fingerprint density at radius 1 is 1.13 bits per heavy atom. The van der Waals surface area contributed by atoms with E-state index >= 15 is 0 Å². The molecule has 1 saturated carbocycles. The Bertz CT molecular complexity index is 319. The van der Waals surface area contributed by atoms with Crippen LogP contribution in [0.3, 0.4) is 0 Å². The van der Waals surface area contributed by atoms with Crippen molar-refractivity contribution in [3.05, 3.63) is 0 Å². The third-order valence-corrected chi connectivity index (χ3v) is 4.91. The first kappa shape index (κ1) is 8.57. The molecule has 3 saturated heterocycles. The van der Waals surface area contributed by atoms with Crippen molar-refractivity contribution in [1.82, 2.24) is 0 Å². The van der Waals surface area contributed by atoms with Crippen molar-refractivity contribution < 1.29 is 14.3 Å². The lowest BCUT2D eigenvalue weighted by Crippen LogP contribution is -2.39. The molecule has 0 aromatic carbocycles. The zero-order valence-corrected chi connectivity index (χ0v) is 8.78. The number of carbonyl (C=O) groups excluding carboxylic acids is 1. The number of ether oxygens (including phenoxy) is 2. The zero-order chi connectivity index (χ0) is 10.0. The molecule has 0 aromatic heterocycles. The Labute approximate surface area is 89.1 Å². The van der Waals surface area contributed by atoms with E-state index in [0.29, 0.717) is 12.0 Å². The van der Waals surface area contributed by atoms with E-state index in [4.69, 9.17) is 9.47 Å². The number of fused-ring (bicyclic) bond motifs is 6. The van der Waals surface area contributed by atoms with Gasteiger partial charge in [0.15, 0.2) is 0 Å². The summed E-state index contributed by atoms with van der Waals surface area (Å²) in [5, 5.41) is 0. The molecule has 0 aromatic rings. The van der Waals surface area contributed by atoms with Crippen LogP contribution in [0.4, 0.5) is 0 Å². The van der Waals surface area contributed by atoms with E-state index in [0.717, 1.165) is 25.7 Å². The minimum Gasteiger partial charge on any atom is -0.458 e. The highest BCUT2D eigenvalue weighted by molar-refractivity contribution is 5.77. The van der Waals surface area contributed by atoms with Gasteiger partial charge in [-0.05, 0) is 38.5 Å².